The number of nitrogens with one attached hydrogen (secondary N) is 2. The SMILES string of the molecule is Cc1cc(Nc2nc(Cc3cc(C)c(C4CCN(CCC(=O)N5CCCC5)CC4)cc3F)ncc2Cl)n[nH]1. The number of hydrogen-bond donors (Lipinski definition) is 2. The monoisotopic (exact) mass is 539 g/mol. The van der Waals surface area contributed by atoms with Crippen molar-refractivity contribution in [1.29, 1.82) is 0 Å². The van der Waals surface area contributed by atoms with Gasteiger partial charge >= 0.3 is 0 Å². The predicted molar refractivity (Wildman–Crippen MR) is 146 cm³/mol. The van der Waals surface area contributed by atoms with E-state index in [1.807, 2.05) is 24.0 Å². The standard InChI is InChI=1S/C28H35ClFN7O/c1-18-13-21(15-25-31-17-23(29)28(32-25)33-26-14-19(2)34-35-26)24(30)16-22(18)20-5-10-36(11-6-20)12-7-27(38)37-8-3-4-9-37/h13-14,16-17,20H,3-12,15H2,1-2H3,(H2,31,32,33,34,35). The van der Waals surface area contributed by atoms with E-state index < -0.39 is 0 Å². The fourth-order valence-electron chi connectivity index (χ4n) is 5.53. The quantitative estimate of drug-likeness (QED) is 0.412. The van der Waals surface area contributed by atoms with Gasteiger partial charge in [-0.05, 0) is 81.3 Å². The van der Waals surface area contributed by atoms with Crippen LogP contribution in [0.1, 0.15) is 66.2 Å². The Bertz CT molecular complexity index is 1280. The number of carbonyl (C=O) groups is 1. The molecule has 0 radical (unpaired) electrons. The van der Waals surface area contributed by atoms with Crippen LogP contribution in [0.5, 0.6) is 0 Å². The van der Waals surface area contributed by atoms with Crippen molar-refractivity contribution in [3.05, 3.63) is 63.4 Å². The number of anilines is 2. The highest BCUT2D eigenvalue weighted by Gasteiger charge is 2.25. The van der Waals surface area contributed by atoms with Crippen LogP contribution in [0.15, 0.2) is 24.4 Å². The van der Waals surface area contributed by atoms with Crippen molar-refractivity contribution in [3.8, 4) is 0 Å². The molecule has 4 heterocycles. The van der Waals surface area contributed by atoms with E-state index in [-0.39, 0.29) is 18.1 Å². The second-order valence-electron chi connectivity index (χ2n) is 10.5. The minimum absolute atomic E-state index is 0.236. The van der Waals surface area contributed by atoms with Gasteiger partial charge in [-0.15, -0.1) is 0 Å². The number of aryl methyl sites for hydroxylation is 2. The Labute approximate surface area is 228 Å². The van der Waals surface area contributed by atoms with E-state index in [2.05, 4.69) is 37.3 Å². The summed E-state index contributed by atoms with van der Waals surface area (Å²) in [5.41, 5.74) is 3.64. The van der Waals surface area contributed by atoms with Crippen LogP contribution in [0.3, 0.4) is 0 Å². The molecule has 1 aromatic carbocycles. The summed E-state index contributed by atoms with van der Waals surface area (Å²) in [6.45, 7) is 8.46. The van der Waals surface area contributed by atoms with E-state index in [1.165, 1.54) is 6.20 Å². The van der Waals surface area contributed by atoms with Crippen molar-refractivity contribution in [1.82, 2.24) is 30.0 Å². The third-order valence-corrected chi connectivity index (χ3v) is 7.93. The van der Waals surface area contributed by atoms with Crippen molar-refractivity contribution >= 4 is 29.1 Å². The van der Waals surface area contributed by atoms with Crippen molar-refractivity contribution in [2.75, 3.05) is 38.0 Å². The molecule has 2 aromatic heterocycles. The molecule has 5 rings (SSSR count). The summed E-state index contributed by atoms with van der Waals surface area (Å²) in [6.07, 6.45) is 6.58. The zero-order valence-electron chi connectivity index (χ0n) is 22.1. The molecule has 3 aromatic rings. The number of benzene rings is 1. The number of H-pyrrole nitrogens is 1. The minimum Gasteiger partial charge on any atom is -0.343 e. The lowest BCUT2D eigenvalue weighted by Crippen LogP contribution is -2.37. The zero-order chi connectivity index (χ0) is 26.6. The largest absolute Gasteiger partial charge is 0.343 e. The van der Waals surface area contributed by atoms with Gasteiger partial charge in [-0.1, -0.05) is 17.7 Å². The molecular weight excluding hydrogens is 505 g/mol. The predicted octanol–water partition coefficient (Wildman–Crippen LogP) is 5.14. The van der Waals surface area contributed by atoms with E-state index in [1.54, 1.807) is 6.07 Å². The second-order valence-corrected chi connectivity index (χ2v) is 10.9. The number of halogens is 2. The van der Waals surface area contributed by atoms with Gasteiger partial charge < -0.3 is 15.1 Å². The Morgan fingerprint density at radius 2 is 1.92 bits per heavy atom. The fourth-order valence-corrected chi connectivity index (χ4v) is 5.67. The Balaban J connectivity index is 1.19. The fraction of sp³-hybridized carbons (Fsp3) is 0.500. The molecule has 0 unspecified atom stereocenters. The molecule has 0 spiro atoms. The average Bonchev–Trinajstić information content (AvgIpc) is 3.59. The van der Waals surface area contributed by atoms with Crippen LogP contribution in [-0.4, -0.2) is 68.6 Å². The molecule has 2 aliphatic rings. The molecule has 38 heavy (non-hydrogen) atoms. The van der Waals surface area contributed by atoms with Crippen LogP contribution in [0.2, 0.25) is 5.02 Å². The van der Waals surface area contributed by atoms with Gasteiger partial charge in [0.15, 0.2) is 11.6 Å². The van der Waals surface area contributed by atoms with Gasteiger partial charge in [0.1, 0.15) is 16.7 Å². The number of rotatable bonds is 8. The van der Waals surface area contributed by atoms with Crippen LogP contribution in [0.25, 0.3) is 0 Å². The first-order valence-electron chi connectivity index (χ1n) is 13.4. The van der Waals surface area contributed by atoms with Gasteiger partial charge in [0.2, 0.25) is 5.91 Å². The van der Waals surface area contributed by atoms with E-state index in [4.69, 9.17) is 11.6 Å². The topological polar surface area (TPSA) is 90.0 Å². The molecule has 2 aliphatic heterocycles. The number of piperidine rings is 1. The Morgan fingerprint density at radius 1 is 1.16 bits per heavy atom. The first kappa shape index (κ1) is 26.6. The summed E-state index contributed by atoms with van der Waals surface area (Å²) >= 11 is 6.27. The number of aromatic nitrogens is 4. The Morgan fingerprint density at radius 3 is 2.63 bits per heavy atom. The average molecular weight is 540 g/mol. The maximum absolute atomic E-state index is 15.3. The molecule has 0 atom stereocenters. The highest BCUT2D eigenvalue weighted by molar-refractivity contribution is 6.32. The van der Waals surface area contributed by atoms with Crippen LogP contribution in [0.4, 0.5) is 16.0 Å². The second kappa shape index (κ2) is 11.8. The Kier molecular flexibility index (Phi) is 8.24. The van der Waals surface area contributed by atoms with Crippen LogP contribution < -0.4 is 5.32 Å². The molecule has 0 aliphatic carbocycles. The molecule has 2 saturated heterocycles. The summed E-state index contributed by atoms with van der Waals surface area (Å²) in [5, 5.41) is 10.5. The summed E-state index contributed by atoms with van der Waals surface area (Å²) in [4.78, 5) is 25.6. The van der Waals surface area contributed by atoms with Gasteiger partial charge in [-0.2, -0.15) is 5.10 Å². The molecule has 0 saturated carbocycles. The van der Waals surface area contributed by atoms with Crippen molar-refractivity contribution < 1.29 is 9.18 Å². The number of nitrogens with zero attached hydrogens (tertiary/aromatic N) is 5. The van der Waals surface area contributed by atoms with E-state index in [9.17, 15) is 4.79 Å². The van der Waals surface area contributed by atoms with Gasteiger partial charge in [0, 0.05) is 44.2 Å². The van der Waals surface area contributed by atoms with E-state index >= 15 is 4.39 Å². The summed E-state index contributed by atoms with van der Waals surface area (Å²) in [6, 6.07) is 5.47. The number of hydrogen-bond acceptors (Lipinski definition) is 6. The third-order valence-electron chi connectivity index (χ3n) is 7.66. The van der Waals surface area contributed by atoms with E-state index in [0.717, 1.165) is 75.2 Å². The molecular formula is C28H35ClFN7O. The molecule has 8 nitrogen and oxygen atoms in total. The highest BCUT2D eigenvalue weighted by Crippen LogP contribution is 2.32. The maximum atomic E-state index is 15.3. The van der Waals surface area contributed by atoms with Crippen molar-refractivity contribution in [2.24, 2.45) is 0 Å². The molecule has 1 amide bonds. The first-order valence-corrected chi connectivity index (χ1v) is 13.8. The number of aromatic amines is 1. The number of carbonyl (C=O) groups excluding carboxylic acids is 1. The lowest BCUT2D eigenvalue weighted by atomic mass is 9.85. The summed E-state index contributed by atoms with van der Waals surface area (Å²) < 4.78 is 15.3. The van der Waals surface area contributed by atoms with Crippen molar-refractivity contribution in [2.45, 2.75) is 58.3 Å². The lowest BCUT2D eigenvalue weighted by molar-refractivity contribution is -0.130. The highest BCUT2D eigenvalue weighted by atomic mass is 35.5. The zero-order valence-corrected chi connectivity index (χ0v) is 22.8. The molecule has 0 bridgehead atoms. The van der Waals surface area contributed by atoms with E-state index in [0.29, 0.717) is 40.4 Å². The first-order chi connectivity index (χ1) is 18.4. The minimum atomic E-state index is -0.236. The summed E-state index contributed by atoms with van der Waals surface area (Å²) in [7, 11) is 0. The Hall–Kier alpha value is -3.04. The van der Waals surface area contributed by atoms with Crippen LogP contribution >= 0.6 is 11.6 Å². The molecule has 2 fully saturated rings. The van der Waals surface area contributed by atoms with Crippen LogP contribution in [0, 0.1) is 19.7 Å². The smallest absolute Gasteiger partial charge is 0.223 e. The lowest BCUT2D eigenvalue weighted by Gasteiger charge is -2.33. The number of likely N-dealkylation sites (tertiary alicyclic amines) is 2. The normalized spacial score (nSPS) is 16.8. The maximum Gasteiger partial charge on any atom is 0.223 e. The summed E-state index contributed by atoms with van der Waals surface area (Å²) in [5.74, 6) is 1.88. The molecule has 2 N–H and O–H groups in total. The van der Waals surface area contributed by atoms with Crippen LogP contribution in [-0.2, 0) is 11.2 Å². The van der Waals surface area contributed by atoms with Crippen molar-refractivity contribution in [3.63, 3.8) is 0 Å². The van der Waals surface area contributed by atoms with Gasteiger partial charge in [-0.3, -0.25) is 9.89 Å². The van der Waals surface area contributed by atoms with Gasteiger partial charge in [0.25, 0.3) is 0 Å². The van der Waals surface area contributed by atoms with Gasteiger partial charge in [0.05, 0.1) is 6.20 Å². The molecule has 10 heteroatoms. The third kappa shape index (κ3) is 6.32. The number of amides is 1. The van der Waals surface area contributed by atoms with Gasteiger partial charge in [-0.25, -0.2) is 14.4 Å². The molecule has 202 valence electrons.